The minimum absolute atomic E-state index is 0.124. The van der Waals surface area contributed by atoms with Crippen molar-refractivity contribution in [1.29, 1.82) is 0 Å². The molecular formula is C21H20ClN3O3S. The molecule has 3 rings (SSSR count). The van der Waals surface area contributed by atoms with Gasteiger partial charge in [-0.1, -0.05) is 30.7 Å². The number of aryl methyl sites for hydroxylation is 1. The van der Waals surface area contributed by atoms with Gasteiger partial charge in [0.25, 0.3) is 5.91 Å². The van der Waals surface area contributed by atoms with Gasteiger partial charge in [0.1, 0.15) is 12.4 Å². The minimum Gasteiger partial charge on any atom is -0.486 e. The quantitative estimate of drug-likeness (QED) is 0.588. The van der Waals surface area contributed by atoms with Crippen LogP contribution in [0.4, 0.5) is 10.8 Å². The van der Waals surface area contributed by atoms with Crippen LogP contribution in [0.15, 0.2) is 47.8 Å². The van der Waals surface area contributed by atoms with E-state index in [2.05, 4.69) is 11.9 Å². The Morgan fingerprint density at radius 1 is 1.21 bits per heavy atom. The van der Waals surface area contributed by atoms with Crippen molar-refractivity contribution >= 4 is 45.6 Å². The Labute approximate surface area is 177 Å². The summed E-state index contributed by atoms with van der Waals surface area (Å²) in [6.07, 6.45) is 0.928. The van der Waals surface area contributed by atoms with Crippen LogP contribution in [0.5, 0.6) is 5.75 Å². The summed E-state index contributed by atoms with van der Waals surface area (Å²) >= 11 is 7.25. The van der Waals surface area contributed by atoms with Crippen molar-refractivity contribution in [3.8, 4) is 5.75 Å². The highest BCUT2D eigenvalue weighted by Crippen LogP contribution is 2.30. The molecule has 29 heavy (non-hydrogen) atoms. The predicted molar refractivity (Wildman–Crippen MR) is 115 cm³/mol. The molecule has 2 aromatic carbocycles. The summed E-state index contributed by atoms with van der Waals surface area (Å²) in [5.41, 5.74) is 8.16. The minimum atomic E-state index is -0.625. The number of hydrogen-bond donors (Lipinski definition) is 1. The van der Waals surface area contributed by atoms with Crippen LogP contribution in [-0.4, -0.2) is 16.8 Å². The van der Waals surface area contributed by atoms with Gasteiger partial charge in [0, 0.05) is 17.3 Å². The van der Waals surface area contributed by atoms with Crippen LogP contribution in [0, 0.1) is 0 Å². The number of thiazole rings is 1. The Kier molecular flexibility index (Phi) is 6.51. The maximum atomic E-state index is 12.2. The predicted octanol–water partition coefficient (Wildman–Crippen LogP) is 4.72. The van der Waals surface area contributed by atoms with Crippen LogP contribution in [0.3, 0.4) is 0 Å². The van der Waals surface area contributed by atoms with E-state index < -0.39 is 5.91 Å². The highest BCUT2D eigenvalue weighted by molar-refractivity contribution is 7.14. The van der Waals surface area contributed by atoms with Gasteiger partial charge in [-0.15, -0.1) is 11.3 Å². The lowest BCUT2D eigenvalue weighted by molar-refractivity contribution is -0.115. The number of nitrogens with zero attached hydrogens (tertiary/aromatic N) is 2. The van der Waals surface area contributed by atoms with Crippen molar-refractivity contribution < 1.29 is 14.3 Å². The number of anilines is 2. The Morgan fingerprint density at radius 2 is 1.93 bits per heavy atom. The highest BCUT2D eigenvalue weighted by atomic mass is 35.5. The molecule has 0 atom stereocenters. The third-order valence-electron chi connectivity index (χ3n) is 4.23. The average molecular weight is 430 g/mol. The SMILES string of the molecule is CCc1ccc(N(C(C)=O)c2nc(COc3ccc(Cl)cc3C(N)=O)cs2)cc1. The molecule has 0 aliphatic carbocycles. The molecule has 0 radical (unpaired) electrons. The van der Waals surface area contributed by atoms with E-state index in [4.69, 9.17) is 22.1 Å². The fourth-order valence-electron chi connectivity index (χ4n) is 2.75. The number of nitrogens with two attached hydrogens (primary N) is 1. The number of carbonyl (C=O) groups is 2. The van der Waals surface area contributed by atoms with Crippen LogP contribution in [0.2, 0.25) is 5.02 Å². The summed E-state index contributed by atoms with van der Waals surface area (Å²) in [6.45, 7) is 3.70. The van der Waals surface area contributed by atoms with Crippen molar-refractivity contribution in [1.82, 2.24) is 4.98 Å². The molecule has 0 saturated carbocycles. The van der Waals surface area contributed by atoms with Gasteiger partial charge in [0.15, 0.2) is 5.13 Å². The Bertz CT molecular complexity index is 1030. The van der Waals surface area contributed by atoms with Gasteiger partial charge in [-0.2, -0.15) is 0 Å². The maximum Gasteiger partial charge on any atom is 0.252 e. The number of rotatable bonds is 7. The lowest BCUT2D eigenvalue weighted by Crippen LogP contribution is -2.22. The molecule has 0 fully saturated rings. The number of amides is 2. The topological polar surface area (TPSA) is 85.5 Å². The molecule has 0 spiro atoms. The Morgan fingerprint density at radius 3 is 2.55 bits per heavy atom. The van der Waals surface area contributed by atoms with Crippen LogP contribution in [0.25, 0.3) is 0 Å². The van der Waals surface area contributed by atoms with E-state index in [-0.39, 0.29) is 18.1 Å². The van der Waals surface area contributed by atoms with Gasteiger partial charge in [-0.3, -0.25) is 14.5 Å². The fraction of sp³-hybridized carbons (Fsp3) is 0.190. The largest absolute Gasteiger partial charge is 0.486 e. The fourth-order valence-corrected chi connectivity index (χ4v) is 3.79. The monoisotopic (exact) mass is 429 g/mol. The van der Waals surface area contributed by atoms with Gasteiger partial charge >= 0.3 is 0 Å². The first-order valence-electron chi connectivity index (χ1n) is 8.95. The Hall–Kier alpha value is -2.90. The number of halogens is 1. The molecule has 0 unspecified atom stereocenters. The van der Waals surface area contributed by atoms with Gasteiger partial charge in [-0.05, 0) is 42.3 Å². The number of benzene rings is 2. The van der Waals surface area contributed by atoms with E-state index >= 15 is 0 Å². The van der Waals surface area contributed by atoms with Crippen molar-refractivity contribution in [3.05, 3.63) is 69.7 Å². The number of carbonyl (C=O) groups excluding carboxylic acids is 2. The van der Waals surface area contributed by atoms with E-state index in [0.29, 0.717) is 21.6 Å². The molecule has 2 amide bonds. The summed E-state index contributed by atoms with van der Waals surface area (Å²) in [5.74, 6) is -0.431. The van der Waals surface area contributed by atoms with Crippen LogP contribution < -0.4 is 15.4 Å². The van der Waals surface area contributed by atoms with E-state index in [1.54, 1.807) is 17.0 Å². The first kappa shape index (κ1) is 20.8. The summed E-state index contributed by atoms with van der Waals surface area (Å²) in [7, 11) is 0. The van der Waals surface area contributed by atoms with Crippen LogP contribution in [-0.2, 0) is 17.8 Å². The molecule has 8 heteroatoms. The smallest absolute Gasteiger partial charge is 0.252 e. The number of primary amides is 1. The second-order valence-electron chi connectivity index (χ2n) is 6.29. The van der Waals surface area contributed by atoms with Gasteiger partial charge in [0.2, 0.25) is 5.91 Å². The van der Waals surface area contributed by atoms with Crippen molar-refractivity contribution in [2.45, 2.75) is 26.9 Å². The molecule has 3 aromatic rings. The summed E-state index contributed by atoms with van der Waals surface area (Å²) in [6, 6.07) is 12.5. The molecule has 0 saturated heterocycles. The zero-order valence-electron chi connectivity index (χ0n) is 16.0. The Balaban J connectivity index is 1.78. The van der Waals surface area contributed by atoms with Crippen molar-refractivity contribution in [2.24, 2.45) is 5.73 Å². The number of hydrogen-bond acceptors (Lipinski definition) is 5. The zero-order valence-corrected chi connectivity index (χ0v) is 17.6. The molecule has 1 heterocycles. The summed E-state index contributed by atoms with van der Waals surface area (Å²) in [5, 5.41) is 2.76. The number of aromatic nitrogens is 1. The molecule has 0 aliphatic heterocycles. The molecular weight excluding hydrogens is 410 g/mol. The zero-order chi connectivity index (χ0) is 21.0. The molecule has 2 N–H and O–H groups in total. The normalized spacial score (nSPS) is 10.6. The molecule has 6 nitrogen and oxygen atoms in total. The standard InChI is InChI=1S/C21H20ClN3O3S/c1-3-14-4-7-17(8-5-14)25(13(2)26)21-24-16(12-29-21)11-28-19-9-6-15(22)10-18(19)20(23)27/h4-10,12H,3,11H2,1-2H3,(H2,23,27). The average Bonchev–Trinajstić information content (AvgIpc) is 3.15. The van der Waals surface area contributed by atoms with Crippen LogP contribution >= 0.6 is 22.9 Å². The van der Waals surface area contributed by atoms with E-state index in [9.17, 15) is 9.59 Å². The second-order valence-corrected chi connectivity index (χ2v) is 7.56. The van der Waals surface area contributed by atoms with E-state index in [0.717, 1.165) is 12.1 Å². The third-order valence-corrected chi connectivity index (χ3v) is 5.34. The summed E-state index contributed by atoms with van der Waals surface area (Å²) < 4.78 is 5.71. The van der Waals surface area contributed by atoms with Gasteiger partial charge < -0.3 is 10.5 Å². The summed E-state index contributed by atoms with van der Waals surface area (Å²) in [4.78, 5) is 29.9. The first-order valence-corrected chi connectivity index (χ1v) is 10.2. The third kappa shape index (κ3) is 4.93. The molecule has 0 aliphatic rings. The number of ether oxygens (including phenoxy) is 1. The highest BCUT2D eigenvalue weighted by Gasteiger charge is 2.18. The second kappa shape index (κ2) is 9.07. The lowest BCUT2D eigenvalue weighted by atomic mass is 10.1. The van der Waals surface area contributed by atoms with E-state index in [1.807, 2.05) is 29.6 Å². The van der Waals surface area contributed by atoms with E-state index in [1.165, 1.54) is 29.9 Å². The first-order chi connectivity index (χ1) is 13.9. The molecule has 1 aromatic heterocycles. The van der Waals surface area contributed by atoms with Crippen molar-refractivity contribution in [2.75, 3.05) is 4.90 Å². The van der Waals surface area contributed by atoms with Gasteiger partial charge in [-0.25, -0.2) is 4.98 Å². The molecule has 0 bridgehead atoms. The van der Waals surface area contributed by atoms with Crippen LogP contribution in [0.1, 0.15) is 35.5 Å². The van der Waals surface area contributed by atoms with Crippen molar-refractivity contribution in [3.63, 3.8) is 0 Å². The lowest BCUT2D eigenvalue weighted by Gasteiger charge is -2.18. The molecule has 150 valence electrons. The van der Waals surface area contributed by atoms with Gasteiger partial charge in [0.05, 0.1) is 16.9 Å². The maximum absolute atomic E-state index is 12.2.